The van der Waals surface area contributed by atoms with Gasteiger partial charge in [0.15, 0.2) is 0 Å². The molecule has 0 unspecified atom stereocenters. The Morgan fingerprint density at radius 2 is 1.50 bits per heavy atom. The van der Waals surface area contributed by atoms with Crippen molar-refractivity contribution in [2.75, 3.05) is 6.54 Å². The summed E-state index contributed by atoms with van der Waals surface area (Å²) >= 11 is 0. The minimum Gasteiger partial charge on any atom is -0.392 e. The lowest BCUT2D eigenvalue weighted by molar-refractivity contribution is 0.0672. The summed E-state index contributed by atoms with van der Waals surface area (Å²) in [7, 11) is 0. The molecule has 2 amide bonds. The van der Waals surface area contributed by atoms with Crippen molar-refractivity contribution in [3.8, 4) is 0 Å². The van der Waals surface area contributed by atoms with Crippen LogP contribution in [-0.4, -0.2) is 28.4 Å². The zero-order valence-corrected chi connectivity index (χ0v) is 11.9. The molecule has 1 aliphatic heterocycles. The average Bonchev–Trinajstić information content (AvgIpc) is 2.81. The van der Waals surface area contributed by atoms with Crippen molar-refractivity contribution in [3.63, 3.8) is 0 Å². The zero-order chi connectivity index (χ0) is 15.5. The van der Waals surface area contributed by atoms with Crippen LogP contribution in [0.2, 0.25) is 0 Å². The van der Waals surface area contributed by atoms with E-state index in [-0.39, 0.29) is 25.0 Å². The molecule has 0 saturated heterocycles. The molecule has 1 aliphatic rings. The second-order valence-electron chi connectivity index (χ2n) is 5.07. The van der Waals surface area contributed by atoms with Gasteiger partial charge in [-0.25, -0.2) is 0 Å². The van der Waals surface area contributed by atoms with Crippen LogP contribution in [0, 0.1) is 0 Å². The van der Waals surface area contributed by atoms with Gasteiger partial charge in [-0.2, -0.15) is 0 Å². The fraction of sp³-hybridized carbons (Fsp3) is 0.111. The Bertz CT molecular complexity index is 712. The third-order valence-electron chi connectivity index (χ3n) is 3.64. The molecule has 3 rings (SSSR count). The van der Waals surface area contributed by atoms with Gasteiger partial charge in [-0.15, -0.1) is 0 Å². The third-order valence-corrected chi connectivity index (χ3v) is 3.64. The quantitative estimate of drug-likeness (QED) is 0.881. The molecule has 0 bridgehead atoms. The van der Waals surface area contributed by atoms with Gasteiger partial charge in [0.25, 0.3) is 11.8 Å². The number of aliphatic hydroxyl groups is 1. The lowest BCUT2D eigenvalue weighted by Crippen LogP contribution is -2.29. The smallest absolute Gasteiger partial charge is 0.261 e. The summed E-state index contributed by atoms with van der Waals surface area (Å²) in [6.07, 6.45) is 3.64. The molecule has 4 nitrogen and oxygen atoms in total. The molecule has 2 aromatic carbocycles. The molecule has 22 heavy (non-hydrogen) atoms. The van der Waals surface area contributed by atoms with E-state index in [9.17, 15) is 9.59 Å². The fourth-order valence-corrected chi connectivity index (χ4v) is 2.43. The standard InChI is InChI=1S/C18H15NO3/c20-12-14-9-7-13(8-10-14)4-3-11-19-17(21)15-5-1-2-6-16(15)18(19)22/h1-10,20H,11-12H2/b4-3+. The van der Waals surface area contributed by atoms with Crippen LogP contribution in [0.1, 0.15) is 31.8 Å². The first-order valence-electron chi connectivity index (χ1n) is 7.02. The first kappa shape index (κ1) is 14.2. The van der Waals surface area contributed by atoms with Gasteiger partial charge in [0, 0.05) is 6.54 Å². The summed E-state index contributed by atoms with van der Waals surface area (Å²) in [6, 6.07) is 14.3. The van der Waals surface area contributed by atoms with E-state index in [1.165, 1.54) is 4.90 Å². The van der Waals surface area contributed by atoms with Gasteiger partial charge in [0.1, 0.15) is 0 Å². The molecule has 0 aromatic heterocycles. The van der Waals surface area contributed by atoms with E-state index in [0.717, 1.165) is 11.1 Å². The Morgan fingerprint density at radius 1 is 0.909 bits per heavy atom. The average molecular weight is 293 g/mol. The predicted molar refractivity (Wildman–Crippen MR) is 83.2 cm³/mol. The summed E-state index contributed by atoms with van der Waals surface area (Å²) in [5.41, 5.74) is 2.73. The Morgan fingerprint density at radius 3 is 2.05 bits per heavy atom. The summed E-state index contributed by atoms with van der Waals surface area (Å²) in [5, 5.41) is 8.99. The van der Waals surface area contributed by atoms with Crippen LogP contribution in [0.5, 0.6) is 0 Å². The minimum absolute atomic E-state index is 0.0129. The molecule has 0 saturated carbocycles. The number of hydrogen-bond donors (Lipinski definition) is 1. The van der Waals surface area contributed by atoms with Crippen LogP contribution in [-0.2, 0) is 6.61 Å². The second-order valence-corrected chi connectivity index (χ2v) is 5.07. The Balaban J connectivity index is 1.71. The van der Waals surface area contributed by atoms with Crippen molar-refractivity contribution in [1.29, 1.82) is 0 Å². The molecule has 0 spiro atoms. The number of carbonyl (C=O) groups is 2. The molecule has 4 heteroatoms. The monoisotopic (exact) mass is 293 g/mol. The van der Waals surface area contributed by atoms with E-state index >= 15 is 0 Å². The van der Waals surface area contributed by atoms with E-state index in [4.69, 9.17) is 5.11 Å². The molecule has 2 aromatic rings. The number of benzene rings is 2. The maximum Gasteiger partial charge on any atom is 0.261 e. The molecule has 1 N–H and O–H groups in total. The highest BCUT2D eigenvalue weighted by Gasteiger charge is 2.33. The number of aliphatic hydroxyl groups excluding tert-OH is 1. The first-order chi connectivity index (χ1) is 10.7. The van der Waals surface area contributed by atoms with Crippen LogP contribution < -0.4 is 0 Å². The topological polar surface area (TPSA) is 57.6 Å². The number of nitrogens with zero attached hydrogens (tertiary/aromatic N) is 1. The van der Waals surface area contributed by atoms with Crippen molar-refractivity contribution >= 4 is 17.9 Å². The van der Waals surface area contributed by atoms with Crippen molar-refractivity contribution in [2.45, 2.75) is 6.61 Å². The van der Waals surface area contributed by atoms with Crippen LogP contribution in [0.3, 0.4) is 0 Å². The normalized spacial score (nSPS) is 14.0. The first-order valence-corrected chi connectivity index (χ1v) is 7.02. The SMILES string of the molecule is O=C1c2ccccc2C(=O)N1C/C=C/c1ccc(CO)cc1. The largest absolute Gasteiger partial charge is 0.392 e. The van der Waals surface area contributed by atoms with E-state index in [2.05, 4.69) is 0 Å². The van der Waals surface area contributed by atoms with Gasteiger partial charge >= 0.3 is 0 Å². The van der Waals surface area contributed by atoms with Crippen LogP contribution in [0.15, 0.2) is 54.6 Å². The van der Waals surface area contributed by atoms with Crippen molar-refractivity contribution in [1.82, 2.24) is 4.90 Å². The van der Waals surface area contributed by atoms with Crippen molar-refractivity contribution < 1.29 is 14.7 Å². The van der Waals surface area contributed by atoms with Crippen molar-refractivity contribution in [2.24, 2.45) is 0 Å². The molecular weight excluding hydrogens is 278 g/mol. The summed E-state index contributed by atoms with van der Waals surface area (Å²) in [6.45, 7) is 0.257. The molecule has 0 atom stereocenters. The van der Waals surface area contributed by atoms with Gasteiger partial charge in [0.2, 0.25) is 0 Å². The van der Waals surface area contributed by atoms with Gasteiger partial charge in [-0.3, -0.25) is 14.5 Å². The molecule has 0 fully saturated rings. The number of fused-ring (bicyclic) bond motifs is 1. The van der Waals surface area contributed by atoms with E-state index in [0.29, 0.717) is 11.1 Å². The number of carbonyl (C=O) groups excluding carboxylic acids is 2. The van der Waals surface area contributed by atoms with Crippen molar-refractivity contribution in [3.05, 3.63) is 76.9 Å². The summed E-state index contributed by atoms with van der Waals surface area (Å²) < 4.78 is 0. The minimum atomic E-state index is -0.249. The lowest BCUT2D eigenvalue weighted by Gasteiger charge is -2.10. The number of hydrogen-bond acceptors (Lipinski definition) is 3. The molecule has 0 aliphatic carbocycles. The summed E-state index contributed by atoms with van der Waals surface area (Å²) in [4.78, 5) is 25.6. The Labute approximate surface area is 128 Å². The van der Waals surface area contributed by atoms with Crippen LogP contribution >= 0.6 is 0 Å². The third kappa shape index (κ3) is 2.56. The highest BCUT2D eigenvalue weighted by molar-refractivity contribution is 6.21. The molecular formula is C18H15NO3. The highest BCUT2D eigenvalue weighted by Crippen LogP contribution is 2.22. The van der Waals surface area contributed by atoms with E-state index in [1.54, 1.807) is 30.3 Å². The van der Waals surface area contributed by atoms with E-state index < -0.39 is 0 Å². The van der Waals surface area contributed by atoms with E-state index in [1.807, 2.05) is 30.3 Å². The number of rotatable bonds is 4. The highest BCUT2D eigenvalue weighted by atomic mass is 16.3. The van der Waals surface area contributed by atoms with Crippen LogP contribution in [0.4, 0.5) is 0 Å². The number of imide groups is 1. The zero-order valence-electron chi connectivity index (χ0n) is 11.9. The predicted octanol–water partition coefficient (Wildman–Crippen LogP) is 2.49. The fourth-order valence-electron chi connectivity index (χ4n) is 2.43. The molecule has 0 radical (unpaired) electrons. The number of amides is 2. The summed E-state index contributed by atoms with van der Waals surface area (Å²) in [5.74, 6) is -0.498. The Hall–Kier alpha value is -2.72. The van der Waals surface area contributed by atoms with Gasteiger partial charge < -0.3 is 5.11 Å². The lowest BCUT2D eigenvalue weighted by atomic mass is 10.1. The maximum absolute atomic E-state index is 12.2. The van der Waals surface area contributed by atoms with Gasteiger partial charge in [-0.05, 0) is 23.3 Å². The molecule has 110 valence electrons. The second kappa shape index (κ2) is 5.95. The van der Waals surface area contributed by atoms with Gasteiger partial charge in [0.05, 0.1) is 17.7 Å². The molecule has 1 heterocycles. The Kier molecular flexibility index (Phi) is 3.85. The maximum atomic E-state index is 12.2. The van der Waals surface area contributed by atoms with Crippen LogP contribution in [0.25, 0.3) is 6.08 Å². The van der Waals surface area contributed by atoms with Gasteiger partial charge in [-0.1, -0.05) is 48.6 Å².